The molecule has 0 aromatic rings. The van der Waals surface area contributed by atoms with E-state index < -0.39 is 226 Å². The number of rotatable bonds is 30. The molecular formula is C18H32O49S11. The van der Waals surface area contributed by atoms with Gasteiger partial charge in [0, 0.05) is 0 Å². The topological polar surface area (TPSA) is 746 Å². The van der Waals surface area contributed by atoms with E-state index in [1.165, 1.54) is 0 Å². The normalized spacial score (nSPS) is 31.8. The Morgan fingerprint density at radius 3 is 0.962 bits per heavy atom. The highest BCUT2D eigenvalue weighted by Crippen LogP contribution is 2.43. The molecule has 3 saturated heterocycles. The largest absolute Gasteiger partial charge is 0.397 e. The van der Waals surface area contributed by atoms with E-state index in [4.69, 9.17) is 32.8 Å². The van der Waals surface area contributed by atoms with Gasteiger partial charge in [0.25, 0.3) is 0 Å². The van der Waals surface area contributed by atoms with Crippen molar-refractivity contribution in [2.45, 2.75) is 85.5 Å². The zero-order valence-corrected chi connectivity index (χ0v) is 44.7. The van der Waals surface area contributed by atoms with Crippen molar-refractivity contribution < 1.29 is 212 Å². The maximum absolute atomic E-state index is 12.3. The molecule has 0 amide bonds. The maximum Gasteiger partial charge on any atom is 0.397 e. The quantitative estimate of drug-likeness (QED) is 0.0298. The standard InChI is InChI=1S/C18H32O49S11/c19-68(20,21)53-2-6-9(61-72(31,32)33)11(63-74(37,38)39)13(65-76(43,44)45)16(56-6)52-1-5-8(60-71(28,29)30)12(64-75(40,41)42)14(66-77(46,47)48)17(57-5)59-18(4-55-70(25,26)27)15(67-78(49,50)51)10(62-73(34,35)36)7(58-18)3-54-69(22,23)24/h5-17H,1-4H2,(H,19,20,21)(H,22,23,24)(H,25,26,27)(H,28,29,30)(H,31,32,33)(H,34,35,36)(H,37,38,39)(H,40,41,42)(H,43,44,45)(H,46,47,48)(H,49,50,51)/t5-,6-,7-,8-,9+,10-,11+,12+,13-,14-,15+,16+,17-,18+/m1/s1. The van der Waals surface area contributed by atoms with Crippen LogP contribution in [0.1, 0.15) is 0 Å². The van der Waals surface area contributed by atoms with E-state index in [9.17, 15) is 134 Å². The Labute approximate surface area is 436 Å². The molecule has 0 aromatic carbocycles. The van der Waals surface area contributed by atoms with Gasteiger partial charge in [0.15, 0.2) is 30.9 Å². The Bertz CT molecular complexity index is 3420. The minimum absolute atomic E-state index is 2.02. The van der Waals surface area contributed by atoms with Crippen LogP contribution in [0.4, 0.5) is 0 Å². The zero-order valence-electron chi connectivity index (χ0n) is 35.8. The third kappa shape index (κ3) is 25.1. The van der Waals surface area contributed by atoms with Gasteiger partial charge < -0.3 is 23.7 Å². The van der Waals surface area contributed by atoms with Crippen LogP contribution < -0.4 is 0 Å². The molecule has 0 aromatic heterocycles. The van der Waals surface area contributed by atoms with Gasteiger partial charge >= 0.3 is 114 Å². The first-order valence-electron chi connectivity index (χ1n) is 17.8. The van der Waals surface area contributed by atoms with E-state index in [-0.39, 0.29) is 0 Å². The fraction of sp³-hybridized carbons (Fsp3) is 1.00. The molecule has 3 rings (SSSR count). The first-order chi connectivity index (χ1) is 34.4. The third-order valence-corrected chi connectivity index (χ3v) is 13.4. The number of hydrogen-bond acceptors (Lipinski definition) is 38. The smallest absolute Gasteiger partial charge is 0.347 e. The van der Waals surface area contributed by atoms with Crippen LogP contribution in [0.5, 0.6) is 0 Å². The number of hydrogen-bond donors (Lipinski definition) is 11. The van der Waals surface area contributed by atoms with Crippen molar-refractivity contribution in [3.05, 3.63) is 0 Å². The van der Waals surface area contributed by atoms with E-state index in [1.54, 1.807) is 0 Å². The van der Waals surface area contributed by atoms with Crippen LogP contribution in [0.2, 0.25) is 0 Å². The Morgan fingerprint density at radius 1 is 0.308 bits per heavy atom. The summed E-state index contributed by atoms with van der Waals surface area (Å²) in [6.45, 7) is -8.94. The first kappa shape index (κ1) is 70.6. The van der Waals surface area contributed by atoms with Gasteiger partial charge in [-0.1, -0.05) is 0 Å². The van der Waals surface area contributed by atoms with E-state index >= 15 is 0 Å². The average molecular weight is 1390 g/mol. The average Bonchev–Trinajstić information content (AvgIpc) is 3.41. The van der Waals surface area contributed by atoms with E-state index in [1.807, 2.05) is 0 Å². The van der Waals surface area contributed by atoms with E-state index in [0.29, 0.717) is 0 Å². The van der Waals surface area contributed by atoms with Gasteiger partial charge in [-0.3, -0.25) is 50.1 Å². The molecule has 3 aliphatic heterocycles. The molecule has 0 spiro atoms. The highest BCUT2D eigenvalue weighted by molar-refractivity contribution is 7.83. The molecule has 3 heterocycles. The molecular weight excluding hydrogens is 1350 g/mol. The summed E-state index contributed by atoms with van der Waals surface area (Å²) < 4.78 is 438. The van der Waals surface area contributed by atoms with Crippen LogP contribution in [-0.2, 0) is 184 Å². The Kier molecular flexibility index (Phi) is 22.6. The molecule has 49 nitrogen and oxygen atoms in total. The van der Waals surface area contributed by atoms with Crippen molar-refractivity contribution in [1.29, 1.82) is 0 Å². The maximum atomic E-state index is 12.3. The monoisotopic (exact) mass is 1380 g/mol. The zero-order chi connectivity index (χ0) is 60.6. The van der Waals surface area contributed by atoms with Crippen molar-refractivity contribution in [2.75, 3.05) is 26.4 Å². The molecule has 11 N–H and O–H groups in total. The first-order valence-corrected chi connectivity index (χ1v) is 32.8. The van der Waals surface area contributed by atoms with Gasteiger partial charge in [-0.2, -0.15) is 92.6 Å². The summed E-state index contributed by atoms with van der Waals surface area (Å²) in [5, 5.41) is 0. The van der Waals surface area contributed by atoms with E-state index in [2.05, 4.69) is 46.0 Å². The van der Waals surface area contributed by atoms with Crippen LogP contribution in [0.15, 0.2) is 0 Å². The van der Waals surface area contributed by atoms with Crippen molar-refractivity contribution in [3.63, 3.8) is 0 Å². The van der Waals surface area contributed by atoms with Gasteiger partial charge in [0.2, 0.25) is 5.79 Å². The summed E-state index contributed by atoms with van der Waals surface area (Å²) in [6.07, 6.45) is -44.9. The van der Waals surface area contributed by atoms with Crippen molar-refractivity contribution >= 4 is 114 Å². The van der Waals surface area contributed by atoms with Crippen molar-refractivity contribution in [2.24, 2.45) is 0 Å². The molecule has 60 heteroatoms. The summed E-state index contributed by atoms with van der Waals surface area (Å²) in [5.74, 6) is -4.39. The van der Waals surface area contributed by atoms with Gasteiger partial charge in [-0.15, -0.1) is 0 Å². The fourth-order valence-electron chi connectivity index (χ4n) is 6.32. The molecule has 0 unspecified atom stereocenters. The van der Waals surface area contributed by atoms with Crippen molar-refractivity contribution in [1.82, 2.24) is 0 Å². The van der Waals surface area contributed by atoms with Crippen LogP contribution >= 0.6 is 0 Å². The molecule has 0 saturated carbocycles. The fourth-order valence-corrected chi connectivity index (χ4v) is 11.3. The second-order valence-electron chi connectivity index (χ2n) is 14.0. The molecule has 0 bridgehead atoms. The van der Waals surface area contributed by atoms with Crippen molar-refractivity contribution in [3.8, 4) is 0 Å². The predicted octanol–water partition coefficient (Wildman–Crippen LogP) is -9.47. The molecule has 14 atom stereocenters. The Morgan fingerprint density at radius 2 is 0.603 bits per heavy atom. The molecule has 0 aliphatic carbocycles. The molecule has 464 valence electrons. The van der Waals surface area contributed by atoms with Gasteiger partial charge in [0.05, 0.1) is 19.8 Å². The van der Waals surface area contributed by atoms with Crippen LogP contribution in [0.3, 0.4) is 0 Å². The van der Waals surface area contributed by atoms with Gasteiger partial charge in [-0.25, -0.2) is 46.0 Å². The lowest BCUT2D eigenvalue weighted by Gasteiger charge is -2.47. The Hall–Kier alpha value is -1.63. The minimum atomic E-state index is -6.53. The summed E-state index contributed by atoms with van der Waals surface area (Å²) in [4.78, 5) is 0. The number of ether oxygens (including phenoxy) is 5. The van der Waals surface area contributed by atoms with Gasteiger partial charge in [0.1, 0.15) is 55.4 Å². The highest BCUT2D eigenvalue weighted by atomic mass is 32.3. The highest BCUT2D eigenvalue weighted by Gasteiger charge is 2.66. The molecule has 3 fully saturated rings. The van der Waals surface area contributed by atoms with Gasteiger partial charge in [-0.05, 0) is 0 Å². The minimum Gasteiger partial charge on any atom is -0.347 e. The van der Waals surface area contributed by atoms with E-state index in [0.717, 1.165) is 0 Å². The van der Waals surface area contributed by atoms with Crippen LogP contribution in [-0.4, -0.2) is 255 Å². The molecule has 3 aliphatic rings. The summed E-state index contributed by atoms with van der Waals surface area (Å²) in [5.41, 5.74) is 0. The summed E-state index contributed by atoms with van der Waals surface area (Å²) >= 11 is 0. The molecule has 78 heavy (non-hydrogen) atoms. The summed E-state index contributed by atoms with van der Waals surface area (Å²) in [6, 6.07) is 0. The third-order valence-electron chi connectivity index (χ3n) is 8.40. The van der Waals surface area contributed by atoms with Crippen LogP contribution in [0, 0.1) is 0 Å². The second kappa shape index (κ2) is 24.9. The molecule has 0 radical (unpaired) electrons. The SMILES string of the molecule is O=S(=O)(O)OC[C@H]1O[C@H](OC[C@H]2O[C@H](O[C@]3(COS(=O)(=O)O)O[C@H](COS(=O)(=O)O)[C@@H](OS(=O)(=O)O)[C@@H]3OS(=O)(=O)O)[C@H](OS(=O)(=O)O)[C@@H](OS(=O)(=O)O)[C@@H]2OS(=O)(=O)O)[C@H](OS(=O)(=O)O)[C@@H](OS(=O)(=O)O)[C@H]1OS(=O)(=O)O. The lowest BCUT2D eigenvalue weighted by Crippen LogP contribution is -2.66. The second-order valence-corrected chi connectivity index (χ2v) is 25.6. The Balaban J connectivity index is 2.52. The van der Waals surface area contributed by atoms with Crippen LogP contribution in [0.25, 0.3) is 0 Å². The lowest BCUT2D eigenvalue weighted by molar-refractivity contribution is -0.379. The lowest BCUT2D eigenvalue weighted by atomic mass is 9.98. The summed E-state index contributed by atoms with van der Waals surface area (Å²) in [7, 11) is -69.0. The predicted molar refractivity (Wildman–Crippen MR) is 216 cm³/mol.